The van der Waals surface area contributed by atoms with E-state index in [9.17, 15) is 0 Å². The normalized spacial score (nSPS) is 10.7. The molecule has 0 atom stereocenters. The molecule has 0 amide bonds. The number of hydrogen-bond acceptors (Lipinski definition) is 2. The summed E-state index contributed by atoms with van der Waals surface area (Å²) in [6, 6.07) is 10.1. The highest BCUT2D eigenvalue weighted by Crippen LogP contribution is 2.04. The van der Waals surface area contributed by atoms with Gasteiger partial charge in [0.2, 0.25) is 0 Å². The number of benzene rings is 1. The minimum atomic E-state index is 0.796. The summed E-state index contributed by atoms with van der Waals surface area (Å²) >= 11 is 0. The van der Waals surface area contributed by atoms with E-state index >= 15 is 0 Å². The molecule has 2 rings (SSSR count). The molecule has 76 valence electrons. The fourth-order valence-electron chi connectivity index (χ4n) is 1.27. The third-order valence-electron chi connectivity index (χ3n) is 1.99. The zero-order chi connectivity index (χ0) is 10.3. The predicted octanol–water partition coefficient (Wildman–Crippen LogP) is 2.54. The van der Waals surface area contributed by atoms with Crippen molar-refractivity contribution in [3.63, 3.8) is 0 Å². The summed E-state index contributed by atoms with van der Waals surface area (Å²) in [6.45, 7) is 0.796. The monoisotopic (exact) mass is 199 g/mol. The molecule has 0 radical (unpaired) electrons. The first kappa shape index (κ1) is 9.52. The molecule has 15 heavy (non-hydrogen) atoms. The van der Waals surface area contributed by atoms with Crippen LogP contribution in [-0.2, 0) is 0 Å². The maximum absolute atomic E-state index is 4.09. The van der Waals surface area contributed by atoms with E-state index in [1.54, 1.807) is 6.20 Å². The summed E-state index contributed by atoms with van der Waals surface area (Å²) in [6.07, 6.45) is 7.54. The van der Waals surface area contributed by atoms with E-state index in [1.807, 2.05) is 48.7 Å². The summed E-state index contributed by atoms with van der Waals surface area (Å²) in [5, 5.41) is 3.28. The topological polar surface area (TPSA) is 40.7 Å². The van der Waals surface area contributed by atoms with E-state index < -0.39 is 0 Å². The van der Waals surface area contributed by atoms with E-state index in [1.165, 1.54) is 0 Å². The van der Waals surface area contributed by atoms with Crippen molar-refractivity contribution >= 4 is 11.8 Å². The molecule has 0 spiro atoms. The van der Waals surface area contributed by atoms with Crippen LogP contribution in [0.2, 0.25) is 0 Å². The van der Waals surface area contributed by atoms with Crippen LogP contribution in [0.3, 0.4) is 0 Å². The molecule has 0 unspecified atom stereocenters. The van der Waals surface area contributed by atoms with Gasteiger partial charge in [0.15, 0.2) is 0 Å². The first-order valence-electron chi connectivity index (χ1n) is 4.90. The van der Waals surface area contributed by atoms with Crippen LogP contribution in [-0.4, -0.2) is 16.5 Å². The Morgan fingerprint density at radius 2 is 2.13 bits per heavy atom. The number of aromatic nitrogens is 2. The van der Waals surface area contributed by atoms with Crippen LogP contribution < -0.4 is 5.32 Å². The summed E-state index contributed by atoms with van der Waals surface area (Å²) in [5.74, 6) is 0.880. The Hall–Kier alpha value is -2.03. The maximum atomic E-state index is 4.09. The molecule has 0 saturated carbocycles. The Balaban J connectivity index is 1.80. The molecule has 2 N–H and O–H groups in total. The van der Waals surface area contributed by atoms with E-state index in [0.717, 1.165) is 18.1 Å². The third kappa shape index (κ3) is 2.98. The van der Waals surface area contributed by atoms with Crippen LogP contribution in [0.15, 0.2) is 48.8 Å². The van der Waals surface area contributed by atoms with Gasteiger partial charge in [-0.2, -0.15) is 0 Å². The van der Waals surface area contributed by atoms with Gasteiger partial charge in [-0.05, 0) is 18.2 Å². The van der Waals surface area contributed by atoms with Gasteiger partial charge >= 0.3 is 0 Å². The molecule has 0 aliphatic rings. The number of hydrogen-bond donors (Lipinski definition) is 2. The molecule has 1 aromatic carbocycles. The van der Waals surface area contributed by atoms with Gasteiger partial charge in [0, 0.05) is 24.6 Å². The molecule has 0 aliphatic heterocycles. The van der Waals surface area contributed by atoms with Crippen LogP contribution in [0.1, 0.15) is 5.82 Å². The lowest BCUT2D eigenvalue weighted by Gasteiger charge is -2.00. The largest absolute Gasteiger partial charge is 0.382 e. The van der Waals surface area contributed by atoms with Crippen molar-refractivity contribution < 1.29 is 0 Å². The maximum Gasteiger partial charge on any atom is 0.129 e. The lowest BCUT2D eigenvalue weighted by molar-refractivity contribution is 1.25. The Morgan fingerprint density at radius 1 is 1.27 bits per heavy atom. The highest BCUT2D eigenvalue weighted by atomic mass is 14.9. The molecule has 3 heteroatoms. The number of para-hydroxylation sites is 1. The van der Waals surface area contributed by atoms with Crippen LogP contribution in [0.5, 0.6) is 0 Å². The quantitative estimate of drug-likeness (QED) is 0.794. The van der Waals surface area contributed by atoms with Crippen molar-refractivity contribution in [2.24, 2.45) is 0 Å². The van der Waals surface area contributed by atoms with Gasteiger partial charge in [0.25, 0.3) is 0 Å². The van der Waals surface area contributed by atoms with E-state index in [0.29, 0.717) is 0 Å². The molecule has 3 nitrogen and oxygen atoms in total. The number of rotatable bonds is 4. The fraction of sp³-hybridized carbons (Fsp3) is 0.0833. The number of nitrogens with zero attached hydrogens (tertiary/aromatic N) is 1. The van der Waals surface area contributed by atoms with Gasteiger partial charge in [0.05, 0.1) is 0 Å². The molecule has 0 bridgehead atoms. The number of nitrogens with one attached hydrogen (secondary N) is 2. The summed E-state index contributed by atoms with van der Waals surface area (Å²) in [5.41, 5.74) is 1.13. The van der Waals surface area contributed by atoms with Crippen LogP contribution >= 0.6 is 0 Å². The standard InChI is InChI=1S/C12H13N3/c1-2-5-11(6-3-1)13-8-4-7-12-14-9-10-15-12/h1-7,9-10,13H,8H2,(H,14,15). The smallest absolute Gasteiger partial charge is 0.129 e. The Bertz CT molecular complexity index is 404. The Kier molecular flexibility index (Phi) is 3.18. The number of imidazole rings is 1. The second-order valence-corrected chi connectivity index (χ2v) is 3.12. The van der Waals surface area contributed by atoms with Crippen molar-refractivity contribution in [2.45, 2.75) is 0 Å². The molecular formula is C12H13N3. The zero-order valence-corrected chi connectivity index (χ0v) is 8.35. The predicted molar refractivity (Wildman–Crippen MR) is 62.6 cm³/mol. The molecular weight excluding hydrogens is 186 g/mol. The molecule has 2 aromatic rings. The SMILES string of the molecule is C(=Cc1ncc[nH]1)CNc1ccccc1. The van der Waals surface area contributed by atoms with E-state index in [2.05, 4.69) is 15.3 Å². The second-order valence-electron chi connectivity index (χ2n) is 3.12. The number of aromatic amines is 1. The summed E-state index contributed by atoms with van der Waals surface area (Å²) in [7, 11) is 0. The molecule has 0 fully saturated rings. The van der Waals surface area contributed by atoms with E-state index in [4.69, 9.17) is 0 Å². The molecule has 0 saturated heterocycles. The van der Waals surface area contributed by atoms with Gasteiger partial charge in [0.1, 0.15) is 5.82 Å². The third-order valence-corrected chi connectivity index (χ3v) is 1.99. The van der Waals surface area contributed by atoms with Gasteiger partial charge in [-0.15, -0.1) is 0 Å². The molecule has 1 aromatic heterocycles. The van der Waals surface area contributed by atoms with E-state index in [-0.39, 0.29) is 0 Å². The van der Waals surface area contributed by atoms with Crippen molar-refractivity contribution in [1.82, 2.24) is 9.97 Å². The van der Waals surface area contributed by atoms with Gasteiger partial charge in [-0.3, -0.25) is 0 Å². The first-order chi connectivity index (χ1) is 7.45. The van der Waals surface area contributed by atoms with Crippen LogP contribution in [0.4, 0.5) is 5.69 Å². The van der Waals surface area contributed by atoms with Crippen molar-refractivity contribution in [2.75, 3.05) is 11.9 Å². The molecule has 1 heterocycles. The minimum absolute atomic E-state index is 0.796. The average Bonchev–Trinajstić information content (AvgIpc) is 2.79. The number of anilines is 1. The molecule has 0 aliphatic carbocycles. The highest BCUT2D eigenvalue weighted by molar-refractivity contribution is 5.45. The zero-order valence-electron chi connectivity index (χ0n) is 8.35. The Morgan fingerprint density at radius 3 is 2.87 bits per heavy atom. The van der Waals surface area contributed by atoms with Gasteiger partial charge < -0.3 is 10.3 Å². The fourth-order valence-corrected chi connectivity index (χ4v) is 1.27. The minimum Gasteiger partial charge on any atom is -0.382 e. The number of H-pyrrole nitrogens is 1. The lowest BCUT2D eigenvalue weighted by atomic mass is 10.3. The average molecular weight is 199 g/mol. The highest BCUT2D eigenvalue weighted by Gasteiger charge is 1.87. The summed E-state index contributed by atoms with van der Waals surface area (Å²) in [4.78, 5) is 7.10. The lowest BCUT2D eigenvalue weighted by Crippen LogP contribution is -1.97. The van der Waals surface area contributed by atoms with Crippen LogP contribution in [0, 0.1) is 0 Å². The second kappa shape index (κ2) is 5.00. The van der Waals surface area contributed by atoms with Gasteiger partial charge in [-0.1, -0.05) is 24.3 Å². The van der Waals surface area contributed by atoms with Gasteiger partial charge in [-0.25, -0.2) is 4.98 Å². The first-order valence-corrected chi connectivity index (χ1v) is 4.90. The van der Waals surface area contributed by atoms with Crippen LogP contribution in [0.25, 0.3) is 6.08 Å². The van der Waals surface area contributed by atoms with Crippen molar-refractivity contribution in [3.05, 3.63) is 54.6 Å². The summed E-state index contributed by atoms with van der Waals surface area (Å²) < 4.78 is 0. The van der Waals surface area contributed by atoms with Crippen molar-refractivity contribution in [3.8, 4) is 0 Å². The Labute approximate surface area is 88.9 Å². The van der Waals surface area contributed by atoms with Crippen molar-refractivity contribution in [1.29, 1.82) is 0 Å².